The molecule has 0 saturated carbocycles. The SMILES string of the molecule is C[C@H](NC(=O)[C@H](CCCN=C(N)N)NC(=O)[C@@H]1CCCN1)C(=O)N[C@@H](CCCN=C(N)N)C(=O)N[C@@H](CCCN=C(N)N)C(=O)N[C@@H](CCCN=C(N)N)C(=O)N[C@@H](CCCCN)C(=O)N[C@@H](CCCCN)C(=O)N[C@@H](CCCN=C(N)N)C(=O)N[C@H](C(=O)O)[C@@H](C)O. The van der Waals surface area contributed by atoms with Crippen LogP contribution >= 0.6 is 0 Å². The normalized spacial score (nSPS) is 15.7. The molecule has 0 unspecified atom stereocenters. The largest absolute Gasteiger partial charge is 0.480 e. The van der Waals surface area contributed by atoms with Crippen LogP contribution in [0.1, 0.15) is 129 Å². The number of carboxylic acid groups (broad SMARTS) is 1. The number of aliphatic hydroxyl groups excluding tert-OH is 1. The molecule has 0 aromatic heterocycles. The third-order valence-electron chi connectivity index (χ3n) is 14.2. The minimum absolute atomic E-state index is 0.00186. The third-order valence-corrected chi connectivity index (χ3v) is 14.2. The lowest BCUT2D eigenvalue weighted by Gasteiger charge is -2.28. The van der Waals surface area contributed by atoms with Gasteiger partial charge in [0, 0.05) is 32.7 Å². The van der Waals surface area contributed by atoms with Gasteiger partial charge in [0.15, 0.2) is 35.8 Å². The van der Waals surface area contributed by atoms with Gasteiger partial charge in [0.2, 0.25) is 53.2 Å². The topological polar surface area (TPSA) is 705 Å². The van der Waals surface area contributed by atoms with E-state index in [2.05, 4.69) is 78.1 Å². The molecule has 1 rings (SSSR count). The molecule has 39 nitrogen and oxygen atoms in total. The fourth-order valence-electron chi connectivity index (χ4n) is 9.25. The Hall–Kier alpha value is -9.11. The molecule has 0 aliphatic carbocycles. The van der Waals surface area contributed by atoms with Crippen molar-refractivity contribution >= 4 is 88.9 Å². The number of nitrogens with two attached hydrogens (primary N) is 12. The molecule has 39 heteroatoms. The number of hydrogen-bond acceptors (Lipinski definition) is 19. The van der Waals surface area contributed by atoms with Gasteiger partial charge < -0.3 is 132 Å². The Balaban J connectivity index is 3.76. The van der Waals surface area contributed by atoms with Gasteiger partial charge in [-0.3, -0.25) is 68.1 Å². The van der Waals surface area contributed by atoms with Crippen molar-refractivity contribution in [2.24, 2.45) is 93.8 Å². The highest BCUT2D eigenvalue weighted by Gasteiger charge is 2.36. The van der Waals surface area contributed by atoms with E-state index in [4.69, 9.17) is 68.8 Å². The molecule has 1 aliphatic rings. The van der Waals surface area contributed by atoms with E-state index in [0.717, 1.165) is 13.3 Å². The van der Waals surface area contributed by atoms with Crippen molar-refractivity contribution in [3.8, 4) is 0 Å². The monoisotopic (exact) mass is 1320 g/mol. The molecule has 1 fully saturated rings. The van der Waals surface area contributed by atoms with Crippen LogP contribution in [-0.4, -0.2) is 218 Å². The summed E-state index contributed by atoms with van der Waals surface area (Å²) in [6, 6.07) is -13.4. The van der Waals surface area contributed by atoms with Gasteiger partial charge in [-0.2, -0.15) is 0 Å². The van der Waals surface area contributed by atoms with Crippen molar-refractivity contribution in [3.63, 3.8) is 0 Å². The number of unbranched alkanes of at least 4 members (excludes halogenated alkanes) is 2. The Morgan fingerprint density at radius 2 is 0.667 bits per heavy atom. The summed E-state index contributed by atoms with van der Waals surface area (Å²) in [5, 5.41) is 46.2. The zero-order chi connectivity index (χ0) is 70.0. The number of hydrogen-bond donors (Lipinski definition) is 24. The number of guanidine groups is 5. The molecule has 0 radical (unpaired) electrons. The molecule has 1 heterocycles. The highest BCUT2D eigenvalue weighted by atomic mass is 16.4. The first-order valence-electron chi connectivity index (χ1n) is 31.1. The zero-order valence-electron chi connectivity index (χ0n) is 53.4. The quantitative estimate of drug-likeness (QED) is 0.0153. The smallest absolute Gasteiger partial charge is 0.328 e. The van der Waals surface area contributed by atoms with Gasteiger partial charge in [-0.05, 0) is 149 Å². The summed E-state index contributed by atoms with van der Waals surface area (Å²) in [6.07, 6.45) is 1.10. The fourth-order valence-corrected chi connectivity index (χ4v) is 9.25. The second kappa shape index (κ2) is 46.0. The molecule has 1 aliphatic heterocycles. The number of carboxylic acids is 1. The van der Waals surface area contributed by atoms with Crippen molar-refractivity contribution in [1.29, 1.82) is 0 Å². The molecule has 0 spiro atoms. The number of aliphatic imine (C=N–C) groups is 5. The molecule has 11 atom stereocenters. The Kier molecular flexibility index (Phi) is 40.5. The lowest BCUT2D eigenvalue weighted by molar-refractivity contribution is -0.145. The zero-order valence-corrected chi connectivity index (χ0v) is 53.4. The van der Waals surface area contributed by atoms with Crippen molar-refractivity contribution in [3.05, 3.63) is 0 Å². The van der Waals surface area contributed by atoms with E-state index < -0.39 is 126 Å². The summed E-state index contributed by atoms with van der Waals surface area (Å²) in [5.41, 5.74) is 66.8. The molecule has 0 aromatic rings. The van der Waals surface area contributed by atoms with Gasteiger partial charge in [-0.25, -0.2) is 4.79 Å². The first-order chi connectivity index (χ1) is 44.0. The highest BCUT2D eigenvalue weighted by Crippen LogP contribution is 2.13. The van der Waals surface area contributed by atoms with Crippen LogP contribution in [0.15, 0.2) is 25.0 Å². The Morgan fingerprint density at radius 1 is 0.398 bits per heavy atom. The molecule has 93 heavy (non-hydrogen) atoms. The van der Waals surface area contributed by atoms with Crippen LogP contribution in [0.5, 0.6) is 0 Å². The molecule has 1 saturated heterocycles. The van der Waals surface area contributed by atoms with Crippen molar-refractivity contribution in [2.45, 2.75) is 196 Å². The summed E-state index contributed by atoms with van der Waals surface area (Å²) in [6.45, 7) is 3.59. The van der Waals surface area contributed by atoms with E-state index in [1.807, 2.05) is 0 Å². The lowest BCUT2D eigenvalue weighted by atomic mass is 10.0. The van der Waals surface area contributed by atoms with E-state index in [1.54, 1.807) is 0 Å². The maximum absolute atomic E-state index is 14.6. The van der Waals surface area contributed by atoms with E-state index in [1.165, 1.54) is 6.92 Å². The molecule has 9 amide bonds. The molecular formula is C54H105N27O12. The summed E-state index contributed by atoms with van der Waals surface area (Å²) in [5.74, 6) is -10.2. The third kappa shape index (κ3) is 35.9. The number of amides is 9. The minimum Gasteiger partial charge on any atom is -0.480 e. The predicted octanol–water partition coefficient (Wildman–Crippen LogP) is -9.89. The first kappa shape index (κ1) is 81.9. The molecule has 36 N–H and O–H groups in total. The summed E-state index contributed by atoms with van der Waals surface area (Å²) >= 11 is 0. The van der Waals surface area contributed by atoms with E-state index >= 15 is 0 Å². The van der Waals surface area contributed by atoms with Crippen molar-refractivity contribution in [2.75, 3.05) is 52.4 Å². The van der Waals surface area contributed by atoms with Gasteiger partial charge in [0.25, 0.3) is 0 Å². The molecule has 0 aromatic carbocycles. The predicted molar refractivity (Wildman–Crippen MR) is 349 cm³/mol. The molecule has 0 bridgehead atoms. The fraction of sp³-hybridized carbons (Fsp3) is 0.722. The summed E-state index contributed by atoms with van der Waals surface area (Å²) in [4.78, 5) is 159. The van der Waals surface area contributed by atoms with Crippen LogP contribution in [0, 0.1) is 0 Å². The van der Waals surface area contributed by atoms with E-state index in [9.17, 15) is 58.2 Å². The van der Waals surface area contributed by atoms with Crippen molar-refractivity contribution in [1.82, 2.24) is 53.2 Å². The second-order valence-corrected chi connectivity index (χ2v) is 22.2. The number of nitrogens with one attached hydrogen (secondary N) is 10. The number of aliphatic hydroxyl groups is 1. The Labute approximate surface area is 540 Å². The number of nitrogens with zero attached hydrogens (tertiary/aromatic N) is 5. The van der Waals surface area contributed by atoms with Crippen LogP contribution in [0.3, 0.4) is 0 Å². The van der Waals surface area contributed by atoms with Gasteiger partial charge in [0.05, 0.1) is 12.1 Å². The van der Waals surface area contributed by atoms with Gasteiger partial charge >= 0.3 is 5.97 Å². The van der Waals surface area contributed by atoms with Crippen LogP contribution in [0.25, 0.3) is 0 Å². The van der Waals surface area contributed by atoms with Gasteiger partial charge in [0.1, 0.15) is 48.3 Å². The maximum atomic E-state index is 14.6. The van der Waals surface area contributed by atoms with Crippen LogP contribution in [0.2, 0.25) is 0 Å². The maximum Gasteiger partial charge on any atom is 0.328 e. The first-order valence-corrected chi connectivity index (χ1v) is 31.1. The number of aliphatic carboxylic acids is 1. The van der Waals surface area contributed by atoms with Gasteiger partial charge in [-0.1, -0.05) is 0 Å². The van der Waals surface area contributed by atoms with E-state index in [-0.39, 0.29) is 166 Å². The number of carbonyl (C=O) groups is 10. The average molecular weight is 1320 g/mol. The summed E-state index contributed by atoms with van der Waals surface area (Å²) < 4.78 is 0. The second-order valence-electron chi connectivity index (χ2n) is 22.2. The average Bonchev–Trinajstić information content (AvgIpc) is 1.05. The van der Waals surface area contributed by atoms with Crippen LogP contribution in [0.4, 0.5) is 0 Å². The lowest BCUT2D eigenvalue weighted by Crippen LogP contribution is -2.60. The Bertz CT molecular complexity index is 2530. The summed E-state index contributed by atoms with van der Waals surface area (Å²) in [7, 11) is 0. The molecule has 528 valence electrons. The minimum atomic E-state index is -1.76. The van der Waals surface area contributed by atoms with Gasteiger partial charge in [-0.15, -0.1) is 0 Å². The number of carbonyl (C=O) groups excluding carboxylic acids is 9. The van der Waals surface area contributed by atoms with Crippen LogP contribution in [-0.2, 0) is 47.9 Å². The van der Waals surface area contributed by atoms with Crippen molar-refractivity contribution < 1.29 is 58.2 Å². The highest BCUT2D eigenvalue weighted by molar-refractivity contribution is 5.98. The van der Waals surface area contributed by atoms with Crippen LogP contribution < -0.4 is 122 Å². The van der Waals surface area contributed by atoms with E-state index in [0.29, 0.717) is 25.8 Å². The standard InChI is InChI=1S/C54H105N27O12/c1-29(73-42(85)34(16-8-24-68-50(57)58)75-41(84)31-15-7-23-67-31)40(83)74-35(17-9-25-69-51(59)60)45(88)78-37(19-11-27-71-53(63)64)47(90)79-36(18-10-26-70-52(61)62)46(89)77-32(13-3-5-21-55)43(86)76-33(14-4-6-22-56)44(87)80-38(20-12-28-72-54(65)66)48(91)81-39(30(2)82)49(92)93/h29-39,67,82H,3-28,55-56H2,1-2H3,(H,73,85)(H,74,83)(H,75,84)(H,76,86)(H,77,89)(H,78,88)(H,79,90)(H,80,87)(H,81,91)(H,92,93)(H4,57,58,68)(H4,59,60,69)(H4,61,62,70)(H4,63,64,71)(H4,65,66,72)/t29-,30+,31-,32-,33-,34-,35-,36-,37-,38-,39-/m0/s1. The Morgan fingerprint density at radius 3 is 0.925 bits per heavy atom. The number of rotatable bonds is 48. The molecular weight excluding hydrogens is 1220 g/mol.